The number of hydrogen-bond acceptors (Lipinski definition) is 6. The smallest absolute Gasteiger partial charge is 0.231 e. The lowest BCUT2D eigenvalue weighted by molar-refractivity contribution is -0.601. The summed E-state index contributed by atoms with van der Waals surface area (Å²) >= 11 is 0. The van der Waals surface area contributed by atoms with Crippen LogP contribution in [0.5, 0.6) is 0 Å². The molecule has 6 unspecified atom stereocenters. The number of nitrogens with zero attached hydrogens (tertiary/aromatic N) is 12. The SMILES string of the molecule is C1CCCC1.C1CCCC1.CC(C)N1C=[N+](C)C1C.CC(C)N1C=[N+](C)C1C.CC(C)N1C=[N+](C)C1C.CC1CCCC1.CC1CCCC1.CCC1CCCC1.CCC1CCCC1.CCN1C(C)=[N+](C)C1C.CCN1C(C)=[N+](C)C1C.CCN1C(C)=[N+](C)C1C. The minimum atomic E-state index is 0.602. The average Bonchev–Trinajstić information content (AvgIpc) is 3.06. The molecule has 0 radical (unpaired) electrons. The van der Waals surface area contributed by atoms with E-state index in [0.717, 1.165) is 43.3 Å². The van der Waals surface area contributed by atoms with Crippen molar-refractivity contribution in [1.29, 1.82) is 0 Å². The summed E-state index contributed by atoms with van der Waals surface area (Å²) in [5.74, 6) is 8.47. The van der Waals surface area contributed by atoms with Crippen molar-refractivity contribution in [3.8, 4) is 0 Å². The Morgan fingerprint density at radius 3 is 0.578 bits per heavy atom. The average molecular weight is 1270 g/mol. The van der Waals surface area contributed by atoms with Crippen LogP contribution in [0.1, 0.15) is 332 Å². The third kappa shape index (κ3) is 30.1. The first-order chi connectivity index (χ1) is 42.6. The van der Waals surface area contributed by atoms with Crippen LogP contribution in [0.25, 0.3) is 0 Å². The van der Waals surface area contributed by atoms with Gasteiger partial charge in [0.15, 0.2) is 0 Å². The van der Waals surface area contributed by atoms with Gasteiger partial charge in [0, 0.05) is 62.3 Å². The van der Waals surface area contributed by atoms with E-state index in [1.165, 1.54) is 197 Å². The molecule has 12 nitrogen and oxygen atoms in total. The van der Waals surface area contributed by atoms with E-state index in [0.29, 0.717) is 55.1 Å². The Morgan fingerprint density at radius 2 is 0.500 bits per heavy atom. The molecule has 0 spiro atoms. The molecule has 528 valence electrons. The second-order valence-electron chi connectivity index (χ2n) is 30.0. The van der Waals surface area contributed by atoms with Crippen molar-refractivity contribution in [2.45, 2.75) is 387 Å². The van der Waals surface area contributed by atoms with Crippen molar-refractivity contribution < 1.29 is 27.5 Å². The lowest BCUT2D eigenvalue weighted by Crippen LogP contribution is -2.57. The Labute approximate surface area is 563 Å². The Kier molecular flexibility index (Phi) is 44.1. The quantitative estimate of drug-likeness (QED) is 0.226. The highest BCUT2D eigenvalue weighted by Crippen LogP contribution is 2.28. The van der Waals surface area contributed by atoms with Gasteiger partial charge >= 0.3 is 0 Å². The fraction of sp³-hybridized carbons (Fsp3) is 0.923. The molecule has 12 heteroatoms. The summed E-state index contributed by atoms with van der Waals surface area (Å²) in [6.07, 6.45) is 51.9. The lowest BCUT2D eigenvalue weighted by atomic mass is 10.1. The molecule has 0 N–H and O–H groups in total. The van der Waals surface area contributed by atoms with Gasteiger partial charge in [0.05, 0.1) is 80.0 Å². The van der Waals surface area contributed by atoms with Crippen LogP contribution in [0.3, 0.4) is 0 Å². The van der Waals surface area contributed by atoms with Crippen molar-refractivity contribution in [3.63, 3.8) is 0 Å². The molecule has 12 rings (SSSR count). The van der Waals surface area contributed by atoms with Crippen LogP contribution in [0.4, 0.5) is 0 Å². The molecule has 12 aliphatic rings. The van der Waals surface area contributed by atoms with Crippen molar-refractivity contribution >= 4 is 36.5 Å². The Hall–Kier alpha value is -3.18. The highest BCUT2D eigenvalue weighted by molar-refractivity contribution is 5.78. The molecule has 0 amide bonds. The van der Waals surface area contributed by atoms with Gasteiger partial charge in [-0.05, 0) is 86.0 Å². The summed E-state index contributed by atoms with van der Waals surface area (Å²) in [5, 5.41) is 0. The van der Waals surface area contributed by atoms with Crippen LogP contribution in [0.2, 0.25) is 0 Å². The molecule has 0 bridgehead atoms. The molecule has 0 saturated heterocycles. The van der Waals surface area contributed by atoms with Crippen LogP contribution in [-0.4, -0.2) is 210 Å². The molecule has 6 heterocycles. The van der Waals surface area contributed by atoms with E-state index in [9.17, 15) is 0 Å². The maximum atomic E-state index is 2.38. The monoisotopic (exact) mass is 1270 g/mol. The van der Waals surface area contributed by atoms with Gasteiger partial charge in [-0.1, -0.05) is 207 Å². The Bertz CT molecular complexity index is 1830. The van der Waals surface area contributed by atoms with E-state index < -0.39 is 0 Å². The van der Waals surface area contributed by atoms with Gasteiger partial charge in [0.25, 0.3) is 0 Å². The largest absolute Gasteiger partial charge is 0.250 e. The van der Waals surface area contributed by atoms with Gasteiger partial charge in [-0.2, -0.15) is 0 Å². The molecular formula is C78H162N12+6. The highest BCUT2D eigenvalue weighted by Gasteiger charge is 2.38. The molecule has 6 atom stereocenters. The van der Waals surface area contributed by atoms with E-state index in [1.54, 1.807) is 0 Å². The Balaban J connectivity index is 0.000000493. The van der Waals surface area contributed by atoms with E-state index in [2.05, 4.69) is 270 Å². The maximum absolute atomic E-state index is 2.38. The second kappa shape index (κ2) is 46.8. The van der Waals surface area contributed by atoms with Gasteiger partial charge < -0.3 is 0 Å². The second-order valence-corrected chi connectivity index (χ2v) is 30.0. The molecule has 0 aromatic carbocycles. The zero-order valence-electron chi connectivity index (χ0n) is 66.0. The first kappa shape index (κ1) is 84.8. The van der Waals surface area contributed by atoms with Crippen LogP contribution < -0.4 is 0 Å². The minimum Gasteiger partial charge on any atom is -0.231 e. The van der Waals surface area contributed by atoms with Crippen LogP contribution in [0.15, 0.2) is 0 Å². The summed E-state index contributed by atoms with van der Waals surface area (Å²) in [7, 11) is 12.7. The van der Waals surface area contributed by atoms with Gasteiger partial charge in [-0.3, -0.25) is 0 Å². The molecule has 6 aliphatic carbocycles. The lowest BCUT2D eigenvalue weighted by Gasteiger charge is -2.32. The van der Waals surface area contributed by atoms with Crippen LogP contribution in [-0.2, 0) is 0 Å². The molecule has 6 saturated carbocycles. The number of rotatable bonds is 8. The molecule has 90 heavy (non-hydrogen) atoms. The maximum Gasteiger partial charge on any atom is 0.250 e. The van der Waals surface area contributed by atoms with Crippen molar-refractivity contribution in [2.24, 2.45) is 23.7 Å². The molecule has 6 aliphatic heterocycles. The van der Waals surface area contributed by atoms with Gasteiger partial charge in [-0.25, -0.2) is 56.9 Å². The number of amidine groups is 3. The Morgan fingerprint density at radius 1 is 0.311 bits per heavy atom. The predicted molar refractivity (Wildman–Crippen MR) is 398 cm³/mol. The molecule has 6 fully saturated rings. The van der Waals surface area contributed by atoms with E-state index >= 15 is 0 Å². The van der Waals surface area contributed by atoms with Crippen molar-refractivity contribution in [3.05, 3.63) is 0 Å². The van der Waals surface area contributed by atoms with Crippen molar-refractivity contribution in [1.82, 2.24) is 29.4 Å². The predicted octanol–water partition coefficient (Wildman–Crippen LogP) is 17.8. The molecular weight excluding hydrogens is 1100 g/mol. The third-order valence-electron chi connectivity index (χ3n) is 22.5. The standard InChI is InChI=1S/6C7H15N2.2C7H14.2C6H12.2C5H10/c3*1-6(2)9-5-8(4)7(9)3;3*1-5-9-6(2)8(4)7(9)3;2*1-2-7-5-3-4-6-7;2*1-6-4-2-3-5-6;2*1-2-4-5-3-1/h3*5-7H,1-4H3;3*6H,5H2,1-4H3;2*7H,2-6H2,1H3;2*6H,2-5H2,1H3;2*1-5H2/q6*+1;;;;;;. The molecule has 0 aromatic rings. The summed E-state index contributed by atoms with van der Waals surface area (Å²) in [6, 6.07) is 1.95. The zero-order chi connectivity index (χ0) is 68.2. The van der Waals surface area contributed by atoms with Gasteiger partial charge in [0.1, 0.15) is 0 Å². The summed E-state index contributed by atoms with van der Waals surface area (Å²) in [5.41, 5.74) is 0. The fourth-order valence-corrected chi connectivity index (χ4v) is 14.4. The topological polar surface area (TPSA) is 37.5 Å². The summed E-state index contributed by atoms with van der Waals surface area (Å²) in [6.45, 7) is 52.3. The number of hydrogen-bond donors (Lipinski definition) is 0. The normalized spacial score (nSPS) is 25.6. The van der Waals surface area contributed by atoms with Crippen LogP contribution in [0, 0.1) is 23.7 Å². The summed E-state index contributed by atoms with van der Waals surface area (Å²) in [4.78, 5) is 14.1. The first-order valence-corrected chi connectivity index (χ1v) is 38.6. The van der Waals surface area contributed by atoms with Gasteiger partial charge in [0.2, 0.25) is 73.5 Å². The molecule has 0 aromatic heterocycles. The van der Waals surface area contributed by atoms with E-state index in [-0.39, 0.29) is 0 Å². The van der Waals surface area contributed by atoms with Gasteiger partial charge in [-0.15, -0.1) is 0 Å². The van der Waals surface area contributed by atoms with Crippen LogP contribution >= 0.6 is 0 Å². The van der Waals surface area contributed by atoms with E-state index in [4.69, 9.17) is 0 Å². The highest BCUT2D eigenvalue weighted by atomic mass is 15.5. The van der Waals surface area contributed by atoms with Crippen molar-refractivity contribution in [2.75, 3.05) is 61.9 Å². The zero-order valence-corrected chi connectivity index (χ0v) is 66.0. The summed E-state index contributed by atoms with van der Waals surface area (Å²) < 4.78 is 13.5. The minimum absolute atomic E-state index is 0.602. The third-order valence-corrected chi connectivity index (χ3v) is 22.5. The fourth-order valence-electron chi connectivity index (χ4n) is 14.4. The van der Waals surface area contributed by atoms with E-state index in [1.807, 2.05) is 0 Å². The first-order valence-electron chi connectivity index (χ1n) is 38.6.